The normalized spacial score (nSPS) is 23.3. The van der Waals surface area contributed by atoms with Crippen LogP contribution in [0.5, 0.6) is 0 Å². The van der Waals surface area contributed by atoms with Crippen LogP contribution in [-0.2, 0) is 11.8 Å². The molecule has 0 spiro atoms. The number of aromatic nitrogens is 2. The van der Waals surface area contributed by atoms with Crippen molar-refractivity contribution in [3.63, 3.8) is 0 Å². The first-order chi connectivity index (χ1) is 10.2. The maximum Gasteiger partial charge on any atom is 0.0950 e. The van der Waals surface area contributed by atoms with Crippen molar-refractivity contribution in [3.8, 4) is 0 Å². The highest BCUT2D eigenvalue weighted by Gasteiger charge is 2.33. The van der Waals surface area contributed by atoms with Crippen LogP contribution in [0.4, 0.5) is 0 Å². The zero-order chi connectivity index (χ0) is 14.7. The Balaban J connectivity index is 1.71. The van der Waals surface area contributed by atoms with E-state index in [4.69, 9.17) is 0 Å². The Morgan fingerprint density at radius 1 is 1.33 bits per heavy atom. The van der Waals surface area contributed by atoms with Crippen molar-refractivity contribution in [1.29, 1.82) is 0 Å². The molecule has 2 atom stereocenters. The molecule has 1 saturated heterocycles. The van der Waals surface area contributed by atoms with Crippen molar-refractivity contribution in [2.75, 3.05) is 13.1 Å². The fraction of sp³-hybridized carbons (Fsp3) is 0.500. The Labute approximate surface area is 127 Å². The Bertz CT molecular complexity index is 567. The molecule has 21 heavy (non-hydrogen) atoms. The van der Waals surface area contributed by atoms with Gasteiger partial charge in [-0.3, -0.25) is 0 Å². The third kappa shape index (κ3) is 3.03. The van der Waals surface area contributed by atoms with Crippen molar-refractivity contribution in [1.82, 2.24) is 14.9 Å². The molecule has 2 aromatic rings. The van der Waals surface area contributed by atoms with Gasteiger partial charge in [0.25, 0.3) is 0 Å². The van der Waals surface area contributed by atoms with Gasteiger partial charge in [0.1, 0.15) is 0 Å². The molecule has 3 heteroatoms. The number of aryl methyl sites for hydroxylation is 1. The molecular weight excluding hydrogens is 258 g/mol. The number of hydrogen-bond donors (Lipinski definition) is 1. The Morgan fingerprint density at radius 3 is 2.86 bits per heavy atom. The maximum absolute atomic E-state index is 4.42. The SMILES string of the molecule is CC(CCc1ccccc1)n1cncc1C1(C)CCNC1. The van der Waals surface area contributed by atoms with Gasteiger partial charge in [-0.25, -0.2) is 4.98 Å². The lowest BCUT2D eigenvalue weighted by atomic mass is 9.86. The summed E-state index contributed by atoms with van der Waals surface area (Å²) in [6, 6.07) is 11.2. The van der Waals surface area contributed by atoms with Crippen LogP contribution in [0.1, 0.15) is 44.0 Å². The number of nitrogens with one attached hydrogen (secondary N) is 1. The molecular formula is C18H25N3. The largest absolute Gasteiger partial charge is 0.331 e. The molecule has 1 fully saturated rings. The lowest BCUT2D eigenvalue weighted by Crippen LogP contribution is -2.28. The van der Waals surface area contributed by atoms with E-state index in [0.29, 0.717) is 6.04 Å². The zero-order valence-electron chi connectivity index (χ0n) is 13.0. The highest BCUT2D eigenvalue weighted by molar-refractivity contribution is 5.18. The predicted octanol–water partition coefficient (Wildman–Crippen LogP) is 3.33. The van der Waals surface area contributed by atoms with Gasteiger partial charge in [0.05, 0.1) is 6.33 Å². The van der Waals surface area contributed by atoms with E-state index in [9.17, 15) is 0 Å². The second-order valence-corrected chi connectivity index (χ2v) is 6.55. The summed E-state index contributed by atoms with van der Waals surface area (Å²) in [5.74, 6) is 0. The van der Waals surface area contributed by atoms with E-state index in [-0.39, 0.29) is 5.41 Å². The number of benzene rings is 1. The number of imidazole rings is 1. The lowest BCUT2D eigenvalue weighted by Gasteiger charge is -2.27. The lowest BCUT2D eigenvalue weighted by molar-refractivity contribution is 0.423. The highest BCUT2D eigenvalue weighted by atomic mass is 15.1. The average Bonchev–Trinajstić information content (AvgIpc) is 3.15. The van der Waals surface area contributed by atoms with Gasteiger partial charge in [-0.1, -0.05) is 37.3 Å². The van der Waals surface area contributed by atoms with Crippen molar-refractivity contribution in [3.05, 3.63) is 54.1 Å². The van der Waals surface area contributed by atoms with Crippen LogP contribution in [0.25, 0.3) is 0 Å². The third-order valence-electron chi connectivity index (χ3n) is 4.82. The van der Waals surface area contributed by atoms with E-state index in [0.717, 1.165) is 25.9 Å². The van der Waals surface area contributed by atoms with Gasteiger partial charge in [0, 0.05) is 29.9 Å². The predicted molar refractivity (Wildman–Crippen MR) is 86.5 cm³/mol. The van der Waals surface area contributed by atoms with Crippen LogP contribution in [0, 0.1) is 0 Å². The fourth-order valence-corrected chi connectivity index (χ4v) is 3.32. The summed E-state index contributed by atoms with van der Waals surface area (Å²) in [6.07, 6.45) is 7.54. The molecule has 0 aliphatic carbocycles. The second-order valence-electron chi connectivity index (χ2n) is 6.55. The van der Waals surface area contributed by atoms with E-state index in [1.54, 1.807) is 0 Å². The molecule has 2 unspecified atom stereocenters. The topological polar surface area (TPSA) is 29.9 Å². The van der Waals surface area contributed by atoms with Crippen molar-refractivity contribution < 1.29 is 0 Å². The van der Waals surface area contributed by atoms with Gasteiger partial charge in [0.15, 0.2) is 0 Å². The van der Waals surface area contributed by atoms with E-state index in [1.807, 2.05) is 6.33 Å². The highest BCUT2D eigenvalue weighted by Crippen LogP contribution is 2.32. The third-order valence-corrected chi connectivity index (χ3v) is 4.82. The number of nitrogens with zero attached hydrogens (tertiary/aromatic N) is 2. The molecule has 3 nitrogen and oxygen atoms in total. The van der Waals surface area contributed by atoms with E-state index < -0.39 is 0 Å². The first-order valence-corrected chi connectivity index (χ1v) is 7.96. The molecule has 1 N–H and O–H groups in total. The van der Waals surface area contributed by atoms with Gasteiger partial charge >= 0.3 is 0 Å². The molecule has 1 aliphatic heterocycles. The molecule has 2 heterocycles. The molecule has 1 aliphatic rings. The smallest absolute Gasteiger partial charge is 0.0950 e. The van der Waals surface area contributed by atoms with Crippen molar-refractivity contribution in [2.45, 2.75) is 44.6 Å². The number of hydrogen-bond acceptors (Lipinski definition) is 2. The van der Waals surface area contributed by atoms with Crippen LogP contribution < -0.4 is 5.32 Å². The van der Waals surface area contributed by atoms with Crippen LogP contribution in [0.2, 0.25) is 0 Å². The molecule has 0 saturated carbocycles. The van der Waals surface area contributed by atoms with Crippen LogP contribution in [-0.4, -0.2) is 22.6 Å². The molecule has 0 amide bonds. The first-order valence-electron chi connectivity index (χ1n) is 7.96. The summed E-state index contributed by atoms with van der Waals surface area (Å²) in [7, 11) is 0. The average molecular weight is 283 g/mol. The monoisotopic (exact) mass is 283 g/mol. The van der Waals surface area contributed by atoms with Gasteiger partial charge in [0.2, 0.25) is 0 Å². The zero-order valence-corrected chi connectivity index (χ0v) is 13.0. The molecule has 0 bridgehead atoms. The van der Waals surface area contributed by atoms with Gasteiger partial charge < -0.3 is 9.88 Å². The molecule has 1 aromatic heterocycles. The minimum absolute atomic E-state index is 0.234. The van der Waals surface area contributed by atoms with E-state index in [2.05, 4.69) is 65.2 Å². The summed E-state index contributed by atoms with van der Waals surface area (Å²) >= 11 is 0. The number of rotatable bonds is 5. The summed E-state index contributed by atoms with van der Waals surface area (Å²) in [5, 5.41) is 3.48. The van der Waals surface area contributed by atoms with E-state index >= 15 is 0 Å². The van der Waals surface area contributed by atoms with Gasteiger partial charge in [-0.2, -0.15) is 0 Å². The second kappa shape index (κ2) is 6.02. The van der Waals surface area contributed by atoms with Gasteiger partial charge in [-0.15, -0.1) is 0 Å². The Morgan fingerprint density at radius 2 is 2.14 bits per heavy atom. The molecule has 1 aromatic carbocycles. The molecule has 112 valence electrons. The summed E-state index contributed by atoms with van der Waals surface area (Å²) in [4.78, 5) is 4.42. The first kappa shape index (κ1) is 14.3. The van der Waals surface area contributed by atoms with E-state index in [1.165, 1.54) is 17.7 Å². The van der Waals surface area contributed by atoms with Crippen LogP contribution in [0.15, 0.2) is 42.9 Å². The minimum atomic E-state index is 0.234. The van der Waals surface area contributed by atoms with Crippen LogP contribution in [0.3, 0.4) is 0 Å². The van der Waals surface area contributed by atoms with Crippen molar-refractivity contribution >= 4 is 0 Å². The maximum atomic E-state index is 4.42. The quantitative estimate of drug-likeness (QED) is 0.912. The standard InChI is InChI=1S/C18H25N3/c1-15(8-9-16-6-4-3-5-7-16)21-14-20-12-17(21)18(2)10-11-19-13-18/h3-7,12,14-15,19H,8-11,13H2,1-2H3. The fourth-order valence-electron chi connectivity index (χ4n) is 3.32. The Hall–Kier alpha value is -1.61. The summed E-state index contributed by atoms with van der Waals surface area (Å²) in [5.41, 5.74) is 3.03. The van der Waals surface area contributed by atoms with Crippen molar-refractivity contribution in [2.24, 2.45) is 0 Å². The Kier molecular flexibility index (Phi) is 4.11. The molecule has 3 rings (SSSR count). The minimum Gasteiger partial charge on any atom is -0.331 e. The van der Waals surface area contributed by atoms with Crippen LogP contribution >= 0.6 is 0 Å². The summed E-state index contributed by atoms with van der Waals surface area (Å²) in [6.45, 7) is 6.83. The molecule has 0 radical (unpaired) electrons. The van der Waals surface area contributed by atoms with Gasteiger partial charge in [-0.05, 0) is 38.3 Å². The summed E-state index contributed by atoms with van der Waals surface area (Å²) < 4.78 is 2.38.